The number of rotatable bonds is 6. The molecule has 0 aliphatic heterocycles. The zero-order valence-electron chi connectivity index (χ0n) is 10.5. The summed E-state index contributed by atoms with van der Waals surface area (Å²) in [5.74, 6) is 0.606. The molecule has 0 fully saturated rings. The van der Waals surface area contributed by atoms with Crippen molar-refractivity contribution in [3.63, 3.8) is 0 Å². The number of ether oxygens (including phenoxy) is 2. The molecular formula is C15H16FNO2. The number of hydrogen-bond acceptors (Lipinski definition) is 3. The van der Waals surface area contributed by atoms with E-state index in [1.54, 1.807) is 18.2 Å². The molecule has 4 heteroatoms. The minimum absolute atomic E-state index is 0.238. The fraction of sp³-hybridized carbons (Fsp3) is 0.200. The Morgan fingerprint density at radius 1 is 0.947 bits per heavy atom. The van der Waals surface area contributed by atoms with Crippen molar-refractivity contribution in [2.24, 2.45) is 5.73 Å². The first-order valence-electron chi connectivity index (χ1n) is 6.09. The second kappa shape index (κ2) is 6.75. The maximum atomic E-state index is 13.3. The van der Waals surface area contributed by atoms with Gasteiger partial charge in [-0.2, -0.15) is 0 Å². The zero-order valence-corrected chi connectivity index (χ0v) is 10.5. The second-order valence-electron chi connectivity index (χ2n) is 3.98. The smallest absolute Gasteiger partial charge is 0.165 e. The molecule has 0 unspecified atom stereocenters. The van der Waals surface area contributed by atoms with Crippen LogP contribution in [0.2, 0.25) is 0 Å². The third-order valence-electron chi connectivity index (χ3n) is 2.58. The molecule has 0 heterocycles. The Balaban J connectivity index is 1.79. The van der Waals surface area contributed by atoms with Crippen LogP contribution < -0.4 is 15.2 Å². The van der Waals surface area contributed by atoms with Crippen molar-refractivity contribution in [1.82, 2.24) is 0 Å². The first-order chi connectivity index (χ1) is 9.29. The van der Waals surface area contributed by atoms with Crippen molar-refractivity contribution in [2.75, 3.05) is 13.2 Å². The molecule has 0 radical (unpaired) electrons. The lowest BCUT2D eigenvalue weighted by atomic mass is 10.2. The summed E-state index contributed by atoms with van der Waals surface area (Å²) in [7, 11) is 0. The van der Waals surface area contributed by atoms with Gasteiger partial charge in [-0.3, -0.25) is 0 Å². The van der Waals surface area contributed by atoms with Crippen molar-refractivity contribution in [2.45, 2.75) is 6.54 Å². The monoisotopic (exact) mass is 261 g/mol. The first kappa shape index (κ1) is 13.4. The Morgan fingerprint density at radius 3 is 2.53 bits per heavy atom. The van der Waals surface area contributed by atoms with E-state index < -0.39 is 0 Å². The number of para-hydroxylation sites is 1. The molecule has 0 spiro atoms. The Labute approximate surface area is 111 Å². The normalized spacial score (nSPS) is 10.2. The van der Waals surface area contributed by atoms with E-state index in [1.807, 2.05) is 24.3 Å². The SMILES string of the molecule is NCc1cccc(OCCOc2ccccc2F)c1. The molecule has 2 rings (SSSR count). The van der Waals surface area contributed by atoms with E-state index in [0.29, 0.717) is 13.2 Å². The fourth-order valence-corrected chi connectivity index (χ4v) is 1.64. The molecule has 100 valence electrons. The first-order valence-corrected chi connectivity index (χ1v) is 6.09. The average Bonchev–Trinajstić information content (AvgIpc) is 2.45. The molecule has 19 heavy (non-hydrogen) atoms. The topological polar surface area (TPSA) is 44.5 Å². The Bertz CT molecular complexity index is 531. The summed E-state index contributed by atoms with van der Waals surface area (Å²) in [6.45, 7) is 1.11. The predicted octanol–water partition coefficient (Wildman–Crippen LogP) is 2.74. The molecule has 0 atom stereocenters. The van der Waals surface area contributed by atoms with Crippen LogP contribution >= 0.6 is 0 Å². The highest BCUT2D eigenvalue weighted by atomic mass is 19.1. The van der Waals surface area contributed by atoms with Gasteiger partial charge >= 0.3 is 0 Å². The van der Waals surface area contributed by atoms with E-state index in [1.165, 1.54) is 6.07 Å². The van der Waals surface area contributed by atoms with Gasteiger partial charge in [0.05, 0.1) is 0 Å². The van der Waals surface area contributed by atoms with E-state index in [4.69, 9.17) is 15.2 Å². The average molecular weight is 261 g/mol. The lowest BCUT2D eigenvalue weighted by molar-refractivity contribution is 0.211. The molecule has 3 nitrogen and oxygen atoms in total. The minimum atomic E-state index is -0.368. The van der Waals surface area contributed by atoms with Crippen LogP contribution in [0.4, 0.5) is 4.39 Å². The van der Waals surface area contributed by atoms with Crippen molar-refractivity contribution < 1.29 is 13.9 Å². The van der Waals surface area contributed by atoms with Crippen LogP contribution in [0.15, 0.2) is 48.5 Å². The van der Waals surface area contributed by atoms with Gasteiger partial charge in [0.15, 0.2) is 11.6 Å². The maximum absolute atomic E-state index is 13.3. The zero-order chi connectivity index (χ0) is 13.5. The van der Waals surface area contributed by atoms with Crippen LogP contribution in [-0.4, -0.2) is 13.2 Å². The highest BCUT2D eigenvalue weighted by Gasteiger charge is 2.01. The summed E-state index contributed by atoms with van der Waals surface area (Å²) in [6, 6.07) is 13.8. The van der Waals surface area contributed by atoms with Gasteiger partial charge in [-0.25, -0.2) is 4.39 Å². The van der Waals surface area contributed by atoms with Gasteiger partial charge in [0, 0.05) is 6.54 Å². The fourth-order valence-electron chi connectivity index (χ4n) is 1.64. The third-order valence-corrected chi connectivity index (χ3v) is 2.58. The van der Waals surface area contributed by atoms with E-state index in [0.717, 1.165) is 11.3 Å². The number of benzene rings is 2. The van der Waals surface area contributed by atoms with Gasteiger partial charge in [0.25, 0.3) is 0 Å². The van der Waals surface area contributed by atoms with E-state index in [9.17, 15) is 4.39 Å². The molecule has 0 bridgehead atoms. The van der Waals surface area contributed by atoms with Gasteiger partial charge in [-0.1, -0.05) is 24.3 Å². The molecule has 0 aliphatic carbocycles. The van der Waals surface area contributed by atoms with Crippen molar-refractivity contribution in [1.29, 1.82) is 0 Å². The Hall–Kier alpha value is -2.07. The summed E-state index contributed by atoms with van der Waals surface area (Å²) in [4.78, 5) is 0. The van der Waals surface area contributed by atoms with Gasteiger partial charge in [-0.05, 0) is 29.8 Å². The summed E-state index contributed by atoms with van der Waals surface area (Å²) in [6.07, 6.45) is 0. The molecule has 0 saturated carbocycles. The van der Waals surface area contributed by atoms with Crippen LogP contribution in [0.3, 0.4) is 0 Å². The lowest BCUT2D eigenvalue weighted by Crippen LogP contribution is -2.10. The summed E-state index contributed by atoms with van der Waals surface area (Å²) in [5.41, 5.74) is 6.55. The highest BCUT2D eigenvalue weighted by molar-refractivity contribution is 5.28. The standard InChI is InChI=1S/C15H16FNO2/c16-14-6-1-2-7-15(14)19-9-8-18-13-5-3-4-12(10-13)11-17/h1-7,10H,8-9,11,17H2. The van der Waals surface area contributed by atoms with Crippen LogP contribution in [0.5, 0.6) is 11.5 Å². The second-order valence-corrected chi connectivity index (χ2v) is 3.98. The van der Waals surface area contributed by atoms with Gasteiger partial charge in [-0.15, -0.1) is 0 Å². The summed E-state index contributed by atoms with van der Waals surface area (Å²) < 4.78 is 24.1. The quantitative estimate of drug-likeness (QED) is 0.813. The molecule has 0 amide bonds. The van der Waals surface area contributed by atoms with Crippen LogP contribution in [0.25, 0.3) is 0 Å². The molecule has 0 saturated heterocycles. The summed E-state index contributed by atoms with van der Waals surface area (Å²) in [5, 5.41) is 0. The van der Waals surface area contributed by atoms with Crippen molar-refractivity contribution in [3.05, 3.63) is 59.9 Å². The van der Waals surface area contributed by atoms with Gasteiger partial charge in [0.1, 0.15) is 19.0 Å². The summed E-state index contributed by atoms with van der Waals surface area (Å²) >= 11 is 0. The number of halogens is 1. The molecule has 2 N–H and O–H groups in total. The predicted molar refractivity (Wildman–Crippen MR) is 71.7 cm³/mol. The van der Waals surface area contributed by atoms with Crippen LogP contribution in [0.1, 0.15) is 5.56 Å². The van der Waals surface area contributed by atoms with Gasteiger partial charge in [0.2, 0.25) is 0 Å². The van der Waals surface area contributed by atoms with E-state index in [-0.39, 0.29) is 18.2 Å². The highest BCUT2D eigenvalue weighted by Crippen LogP contribution is 2.16. The minimum Gasteiger partial charge on any atom is -0.490 e. The molecule has 0 aliphatic rings. The Kier molecular flexibility index (Phi) is 4.75. The van der Waals surface area contributed by atoms with Crippen LogP contribution in [0, 0.1) is 5.82 Å². The molecule has 0 aromatic heterocycles. The van der Waals surface area contributed by atoms with Gasteiger partial charge < -0.3 is 15.2 Å². The van der Waals surface area contributed by atoms with E-state index >= 15 is 0 Å². The Morgan fingerprint density at radius 2 is 1.74 bits per heavy atom. The lowest BCUT2D eigenvalue weighted by Gasteiger charge is -2.09. The number of hydrogen-bond donors (Lipinski definition) is 1. The van der Waals surface area contributed by atoms with Crippen molar-refractivity contribution >= 4 is 0 Å². The van der Waals surface area contributed by atoms with Crippen molar-refractivity contribution in [3.8, 4) is 11.5 Å². The molecular weight excluding hydrogens is 245 g/mol. The van der Waals surface area contributed by atoms with E-state index in [2.05, 4.69) is 0 Å². The third kappa shape index (κ3) is 3.96. The van der Waals surface area contributed by atoms with Crippen LogP contribution in [-0.2, 0) is 6.54 Å². The maximum Gasteiger partial charge on any atom is 0.165 e. The number of nitrogens with two attached hydrogens (primary N) is 1. The molecule has 2 aromatic rings. The largest absolute Gasteiger partial charge is 0.490 e. The molecule has 2 aromatic carbocycles.